The minimum absolute atomic E-state index is 0. The van der Waals surface area contributed by atoms with Crippen LogP contribution in [0.1, 0.15) is 38.3 Å². The van der Waals surface area contributed by atoms with Gasteiger partial charge in [0.15, 0.2) is 10.9 Å². The van der Waals surface area contributed by atoms with Crippen molar-refractivity contribution in [3.8, 4) is 0 Å². The van der Waals surface area contributed by atoms with Crippen molar-refractivity contribution in [2.24, 2.45) is 10.4 Å². The van der Waals surface area contributed by atoms with Crippen molar-refractivity contribution in [1.29, 1.82) is 0 Å². The molecule has 1 saturated heterocycles. The molecule has 0 amide bonds. The molecule has 1 saturated carbocycles. The van der Waals surface area contributed by atoms with E-state index in [9.17, 15) is 0 Å². The van der Waals surface area contributed by atoms with E-state index in [2.05, 4.69) is 38.1 Å². The van der Waals surface area contributed by atoms with Gasteiger partial charge in [0.1, 0.15) is 0 Å². The van der Waals surface area contributed by atoms with Crippen molar-refractivity contribution in [2.45, 2.75) is 39.2 Å². The summed E-state index contributed by atoms with van der Waals surface area (Å²) in [6, 6.07) is 0. The van der Waals surface area contributed by atoms with Crippen LogP contribution in [0.25, 0.3) is 4.96 Å². The van der Waals surface area contributed by atoms with Crippen LogP contribution in [0.5, 0.6) is 0 Å². The monoisotopic (exact) mass is 445 g/mol. The molecule has 2 aromatic rings. The number of hydrogen-bond acceptors (Lipinski definition) is 3. The Morgan fingerprint density at radius 1 is 1.43 bits per heavy atom. The molecule has 0 unspecified atom stereocenters. The number of likely N-dealkylation sites (tertiary alicyclic amines) is 1. The molecule has 3 heterocycles. The fourth-order valence-electron chi connectivity index (χ4n) is 3.63. The van der Waals surface area contributed by atoms with Gasteiger partial charge in [-0.25, -0.2) is 9.98 Å². The third-order valence-corrected chi connectivity index (χ3v) is 5.79. The van der Waals surface area contributed by atoms with Gasteiger partial charge >= 0.3 is 0 Å². The second-order valence-corrected chi connectivity index (χ2v) is 7.39. The highest BCUT2D eigenvalue weighted by Gasteiger charge is 2.43. The lowest BCUT2D eigenvalue weighted by atomic mass is 9.68. The predicted molar refractivity (Wildman–Crippen MR) is 106 cm³/mol. The Bertz CT molecular complexity index is 659. The molecule has 1 N–H and O–H groups in total. The molecule has 7 heteroatoms. The SMILES string of the molecule is CCNC(=NCc1cn2ccsc2n1)N1CCC2(CCC2)C1.I. The lowest BCUT2D eigenvalue weighted by molar-refractivity contribution is 0.151. The van der Waals surface area contributed by atoms with Gasteiger partial charge in [-0.3, -0.25) is 4.40 Å². The maximum absolute atomic E-state index is 4.82. The topological polar surface area (TPSA) is 44.9 Å². The molecule has 0 radical (unpaired) electrons. The molecule has 1 aliphatic heterocycles. The maximum atomic E-state index is 4.82. The maximum Gasteiger partial charge on any atom is 0.194 e. The summed E-state index contributed by atoms with van der Waals surface area (Å²) >= 11 is 1.67. The Morgan fingerprint density at radius 3 is 2.96 bits per heavy atom. The first kappa shape index (κ1) is 17.0. The number of fused-ring (bicyclic) bond motifs is 1. The highest BCUT2D eigenvalue weighted by Crippen LogP contribution is 2.47. The van der Waals surface area contributed by atoms with Crippen LogP contribution in [0.15, 0.2) is 22.8 Å². The highest BCUT2D eigenvalue weighted by molar-refractivity contribution is 14.0. The number of thiazole rings is 1. The zero-order valence-electron chi connectivity index (χ0n) is 13.5. The summed E-state index contributed by atoms with van der Waals surface area (Å²) in [6.07, 6.45) is 9.67. The van der Waals surface area contributed by atoms with Crippen LogP contribution >= 0.6 is 35.3 Å². The van der Waals surface area contributed by atoms with Crippen molar-refractivity contribution < 1.29 is 0 Å². The zero-order valence-corrected chi connectivity index (χ0v) is 16.6. The molecule has 2 fully saturated rings. The molecule has 0 aromatic carbocycles. The first-order valence-corrected chi connectivity index (χ1v) is 9.10. The van der Waals surface area contributed by atoms with Gasteiger partial charge in [-0.05, 0) is 31.6 Å². The molecule has 2 aliphatic rings. The first-order valence-electron chi connectivity index (χ1n) is 8.22. The van der Waals surface area contributed by atoms with Crippen LogP contribution in [-0.4, -0.2) is 39.9 Å². The molecule has 1 aliphatic carbocycles. The molecule has 23 heavy (non-hydrogen) atoms. The van der Waals surface area contributed by atoms with Crippen molar-refractivity contribution in [2.75, 3.05) is 19.6 Å². The fraction of sp³-hybridized carbons (Fsp3) is 0.625. The summed E-state index contributed by atoms with van der Waals surface area (Å²) in [7, 11) is 0. The smallest absolute Gasteiger partial charge is 0.194 e. The van der Waals surface area contributed by atoms with Crippen LogP contribution in [0.3, 0.4) is 0 Å². The number of hydrogen-bond donors (Lipinski definition) is 1. The van der Waals surface area contributed by atoms with Gasteiger partial charge in [0, 0.05) is 37.4 Å². The van der Waals surface area contributed by atoms with E-state index in [1.54, 1.807) is 11.3 Å². The van der Waals surface area contributed by atoms with E-state index in [4.69, 9.17) is 4.99 Å². The molecular weight excluding hydrogens is 421 g/mol. The highest BCUT2D eigenvalue weighted by atomic mass is 127. The number of halogens is 1. The van der Waals surface area contributed by atoms with Gasteiger partial charge in [-0.1, -0.05) is 6.42 Å². The van der Waals surface area contributed by atoms with Crippen molar-refractivity contribution >= 4 is 46.2 Å². The third-order valence-electron chi connectivity index (χ3n) is 5.02. The number of nitrogens with zero attached hydrogens (tertiary/aromatic N) is 4. The van der Waals surface area contributed by atoms with E-state index in [1.807, 2.05) is 6.20 Å². The molecule has 4 rings (SSSR count). The lowest BCUT2D eigenvalue weighted by Crippen LogP contribution is -2.42. The molecule has 2 aromatic heterocycles. The van der Waals surface area contributed by atoms with Gasteiger partial charge in [-0.2, -0.15) is 0 Å². The number of aliphatic imine (C=N–C) groups is 1. The van der Waals surface area contributed by atoms with Crippen LogP contribution in [-0.2, 0) is 6.54 Å². The number of nitrogens with one attached hydrogen (secondary N) is 1. The van der Waals surface area contributed by atoms with Gasteiger partial charge in [0.25, 0.3) is 0 Å². The predicted octanol–water partition coefficient (Wildman–Crippen LogP) is 3.36. The molecule has 0 bridgehead atoms. The number of imidazole rings is 1. The number of aromatic nitrogens is 2. The summed E-state index contributed by atoms with van der Waals surface area (Å²) < 4.78 is 2.07. The average Bonchev–Trinajstić information content (AvgIpc) is 3.15. The Hall–Kier alpha value is -0.830. The Labute approximate surface area is 158 Å². The van der Waals surface area contributed by atoms with E-state index in [-0.39, 0.29) is 24.0 Å². The second kappa shape index (κ2) is 6.96. The van der Waals surface area contributed by atoms with Crippen LogP contribution in [0.2, 0.25) is 0 Å². The van der Waals surface area contributed by atoms with E-state index in [0.29, 0.717) is 12.0 Å². The summed E-state index contributed by atoms with van der Waals surface area (Å²) in [5.41, 5.74) is 1.65. The number of rotatable bonds is 3. The lowest BCUT2D eigenvalue weighted by Gasteiger charge is -2.38. The normalized spacial score (nSPS) is 19.9. The largest absolute Gasteiger partial charge is 0.357 e. The Kier molecular flexibility index (Phi) is 5.15. The molecule has 126 valence electrons. The minimum Gasteiger partial charge on any atom is -0.357 e. The van der Waals surface area contributed by atoms with E-state index in [1.165, 1.54) is 32.2 Å². The zero-order chi connectivity index (χ0) is 15.0. The fourth-order valence-corrected chi connectivity index (χ4v) is 4.35. The van der Waals surface area contributed by atoms with E-state index >= 15 is 0 Å². The van der Waals surface area contributed by atoms with Crippen molar-refractivity contribution in [3.05, 3.63) is 23.5 Å². The van der Waals surface area contributed by atoms with Crippen LogP contribution < -0.4 is 5.32 Å². The van der Waals surface area contributed by atoms with Gasteiger partial charge in [-0.15, -0.1) is 35.3 Å². The van der Waals surface area contributed by atoms with E-state index < -0.39 is 0 Å². The van der Waals surface area contributed by atoms with E-state index in [0.717, 1.165) is 29.7 Å². The average molecular weight is 445 g/mol. The summed E-state index contributed by atoms with van der Waals surface area (Å²) in [5.74, 6) is 1.06. The molecule has 5 nitrogen and oxygen atoms in total. The Balaban J connectivity index is 0.00000156. The van der Waals surface area contributed by atoms with Crippen LogP contribution in [0.4, 0.5) is 0 Å². The second-order valence-electron chi connectivity index (χ2n) is 6.52. The van der Waals surface area contributed by atoms with Crippen molar-refractivity contribution in [3.63, 3.8) is 0 Å². The number of guanidine groups is 1. The van der Waals surface area contributed by atoms with Gasteiger partial charge < -0.3 is 10.2 Å². The minimum atomic E-state index is 0. The van der Waals surface area contributed by atoms with Crippen LogP contribution in [0, 0.1) is 5.41 Å². The molecule has 0 atom stereocenters. The molecule has 1 spiro atoms. The van der Waals surface area contributed by atoms with Gasteiger partial charge in [0.05, 0.1) is 12.2 Å². The summed E-state index contributed by atoms with van der Waals surface area (Å²) in [6.45, 7) is 6.03. The summed E-state index contributed by atoms with van der Waals surface area (Å²) in [4.78, 5) is 12.9. The summed E-state index contributed by atoms with van der Waals surface area (Å²) in [5, 5.41) is 5.51. The quantitative estimate of drug-likeness (QED) is 0.448. The van der Waals surface area contributed by atoms with Crippen molar-refractivity contribution in [1.82, 2.24) is 19.6 Å². The third kappa shape index (κ3) is 3.35. The van der Waals surface area contributed by atoms with Gasteiger partial charge in [0.2, 0.25) is 0 Å². The standard InChI is InChI=1S/C16H23N5S.HI/c1-2-17-14(21-7-6-16(12-21)4-3-5-16)18-10-13-11-20-8-9-22-15(20)19-13;/h8-9,11H,2-7,10,12H2,1H3,(H,17,18);1H. The molecular formula is C16H24IN5S. The first-order chi connectivity index (χ1) is 10.8. The Morgan fingerprint density at radius 2 is 2.30 bits per heavy atom.